The number of hydrogen-bond donors (Lipinski definition) is 2. The molecule has 0 aliphatic rings. The molecule has 1 aromatic carbocycles. The van der Waals surface area contributed by atoms with Crippen LogP contribution in [-0.2, 0) is 0 Å². The van der Waals surface area contributed by atoms with E-state index in [1.807, 2.05) is 0 Å². The van der Waals surface area contributed by atoms with E-state index in [0.717, 1.165) is 0 Å². The van der Waals surface area contributed by atoms with Crippen LogP contribution in [-0.4, -0.2) is 16.1 Å². The summed E-state index contributed by atoms with van der Waals surface area (Å²) < 4.78 is 18.9. The summed E-state index contributed by atoms with van der Waals surface area (Å²) >= 11 is 0. The molecule has 0 unspecified atom stereocenters. The smallest absolute Gasteiger partial charge is 0.352 e. The molecular weight excluding hydrogens is 237 g/mol. The SMILES string of the molecule is O=C(O)c1ccc(-c2cc3c(F)cccc3o2)[nH]1. The molecule has 0 fully saturated rings. The number of rotatable bonds is 2. The van der Waals surface area contributed by atoms with E-state index in [-0.39, 0.29) is 11.5 Å². The molecule has 5 heteroatoms. The Morgan fingerprint density at radius 1 is 1.28 bits per heavy atom. The monoisotopic (exact) mass is 245 g/mol. The van der Waals surface area contributed by atoms with Gasteiger partial charge in [-0.05, 0) is 30.3 Å². The van der Waals surface area contributed by atoms with Gasteiger partial charge in [-0.25, -0.2) is 9.18 Å². The van der Waals surface area contributed by atoms with Crippen LogP contribution in [0, 0.1) is 5.82 Å². The quantitative estimate of drug-likeness (QED) is 0.728. The number of fused-ring (bicyclic) bond motifs is 1. The van der Waals surface area contributed by atoms with Crippen molar-refractivity contribution < 1.29 is 18.7 Å². The highest BCUT2D eigenvalue weighted by Crippen LogP contribution is 2.28. The maximum absolute atomic E-state index is 13.5. The first kappa shape index (κ1) is 10.6. The molecule has 0 aliphatic carbocycles. The van der Waals surface area contributed by atoms with Gasteiger partial charge >= 0.3 is 5.97 Å². The molecule has 2 N–H and O–H groups in total. The minimum atomic E-state index is -1.05. The van der Waals surface area contributed by atoms with Crippen LogP contribution in [0.1, 0.15) is 10.5 Å². The Balaban J connectivity index is 2.13. The summed E-state index contributed by atoms with van der Waals surface area (Å²) in [5.74, 6) is -1.02. The summed E-state index contributed by atoms with van der Waals surface area (Å²) in [6.07, 6.45) is 0. The van der Waals surface area contributed by atoms with Gasteiger partial charge in [-0.2, -0.15) is 0 Å². The third-order valence-corrected chi connectivity index (χ3v) is 2.69. The molecule has 2 aromatic heterocycles. The van der Waals surface area contributed by atoms with Crippen molar-refractivity contribution in [2.45, 2.75) is 0 Å². The van der Waals surface area contributed by atoms with E-state index < -0.39 is 5.97 Å². The zero-order valence-corrected chi connectivity index (χ0v) is 9.11. The Morgan fingerprint density at radius 2 is 2.11 bits per heavy atom. The lowest BCUT2D eigenvalue weighted by molar-refractivity contribution is 0.0691. The van der Waals surface area contributed by atoms with Crippen LogP contribution < -0.4 is 0 Å². The van der Waals surface area contributed by atoms with Crippen LogP contribution in [0.3, 0.4) is 0 Å². The highest BCUT2D eigenvalue weighted by Gasteiger charge is 2.12. The third kappa shape index (κ3) is 1.57. The van der Waals surface area contributed by atoms with Gasteiger partial charge in [0.05, 0.1) is 11.1 Å². The summed E-state index contributed by atoms with van der Waals surface area (Å²) in [5.41, 5.74) is 0.991. The molecule has 3 aromatic rings. The van der Waals surface area contributed by atoms with Gasteiger partial charge in [0.25, 0.3) is 0 Å². The maximum atomic E-state index is 13.5. The average molecular weight is 245 g/mol. The number of aromatic nitrogens is 1. The van der Waals surface area contributed by atoms with Crippen molar-refractivity contribution >= 4 is 16.9 Å². The molecule has 90 valence electrons. The molecule has 0 atom stereocenters. The van der Waals surface area contributed by atoms with E-state index in [1.54, 1.807) is 24.3 Å². The summed E-state index contributed by atoms with van der Waals surface area (Å²) in [5, 5.41) is 9.18. The highest BCUT2D eigenvalue weighted by molar-refractivity contribution is 5.87. The number of furan rings is 1. The Morgan fingerprint density at radius 3 is 2.78 bits per heavy atom. The van der Waals surface area contributed by atoms with Gasteiger partial charge in [0.1, 0.15) is 17.1 Å². The molecule has 0 aliphatic heterocycles. The Kier molecular flexibility index (Phi) is 2.19. The van der Waals surface area contributed by atoms with Gasteiger partial charge in [-0.3, -0.25) is 0 Å². The summed E-state index contributed by atoms with van der Waals surface area (Å²) in [7, 11) is 0. The second-order valence-corrected chi connectivity index (χ2v) is 3.85. The van der Waals surface area contributed by atoms with Gasteiger partial charge < -0.3 is 14.5 Å². The Bertz CT molecular complexity index is 742. The fraction of sp³-hybridized carbons (Fsp3) is 0. The number of carbonyl (C=O) groups is 1. The number of halogens is 1. The molecule has 0 radical (unpaired) electrons. The van der Waals surface area contributed by atoms with Gasteiger partial charge in [0.2, 0.25) is 0 Å². The van der Waals surface area contributed by atoms with E-state index in [9.17, 15) is 9.18 Å². The molecule has 0 saturated heterocycles. The number of benzene rings is 1. The fourth-order valence-electron chi connectivity index (χ4n) is 1.82. The van der Waals surface area contributed by atoms with Crippen LogP contribution >= 0.6 is 0 Å². The van der Waals surface area contributed by atoms with Crippen molar-refractivity contribution in [3.63, 3.8) is 0 Å². The predicted molar refractivity (Wildman–Crippen MR) is 62.9 cm³/mol. The normalized spacial score (nSPS) is 10.9. The van der Waals surface area contributed by atoms with Crippen molar-refractivity contribution in [2.75, 3.05) is 0 Å². The second-order valence-electron chi connectivity index (χ2n) is 3.85. The van der Waals surface area contributed by atoms with E-state index in [0.29, 0.717) is 22.4 Å². The molecule has 18 heavy (non-hydrogen) atoms. The summed E-state index contributed by atoms with van der Waals surface area (Å²) in [6.45, 7) is 0. The fourth-order valence-corrected chi connectivity index (χ4v) is 1.82. The minimum absolute atomic E-state index is 0.0610. The molecule has 0 bridgehead atoms. The average Bonchev–Trinajstić information content (AvgIpc) is 2.95. The number of aromatic carboxylic acids is 1. The van der Waals surface area contributed by atoms with Crippen LogP contribution in [0.15, 0.2) is 40.8 Å². The number of carboxylic acid groups (broad SMARTS) is 1. The van der Waals surface area contributed by atoms with Crippen molar-refractivity contribution in [1.29, 1.82) is 0 Å². The standard InChI is InChI=1S/C13H8FNO3/c14-8-2-1-3-11-7(8)6-12(18-11)9-4-5-10(15-9)13(16)17/h1-6,15H,(H,16,17). The van der Waals surface area contributed by atoms with Crippen molar-refractivity contribution in [1.82, 2.24) is 4.98 Å². The number of nitrogens with one attached hydrogen (secondary N) is 1. The first-order valence-electron chi connectivity index (χ1n) is 5.26. The molecule has 0 saturated carbocycles. The van der Waals surface area contributed by atoms with Crippen LogP contribution in [0.25, 0.3) is 22.4 Å². The first-order chi connectivity index (χ1) is 8.65. The second kappa shape index (κ2) is 3.73. The number of hydrogen-bond acceptors (Lipinski definition) is 2. The topological polar surface area (TPSA) is 66.2 Å². The lowest BCUT2D eigenvalue weighted by Crippen LogP contribution is -1.95. The Hall–Kier alpha value is -2.56. The van der Waals surface area contributed by atoms with E-state index >= 15 is 0 Å². The predicted octanol–water partition coefficient (Wildman–Crippen LogP) is 3.27. The zero-order valence-electron chi connectivity index (χ0n) is 9.11. The molecular formula is C13H8FNO3. The van der Waals surface area contributed by atoms with Gasteiger partial charge in [0.15, 0.2) is 5.76 Å². The van der Waals surface area contributed by atoms with Crippen molar-refractivity contribution in [3.05, 3.63) is 47.9 Å². The van der Waals surface area contributed by atoms with Crippen molar-refractivity contribution in [3.8, 4) is 11.5 Å². The van der Waals surface area contributed by atoms with E-state index in [2.05, 4.69) is 4.98 Å². The lowest BCUT2D eigenvalue weighted by atomic mass is 10.2. The summed E-state index contributed by atoms with van der Waals surface area (Å²) in [6, 6.07) is 9.12. The molecule has 2 heterocycles. The van der Waals surface area contributed by atoms with E-state index in [4.69, 9.17) is 9.52 Å². The summed E-state index contributed by atoms with van der Waals surface area (Å²) in [4.78, 5) is 13.4. The van der Waals surface area contributed by atoms with Gasteiger partial charge in [-0.15, -0.1) is 0 Å². The third-order valence-electron chi connectivity index (χ3n) is 2.69. The van der Waals surface area contributed by atoms with Crippen molar-refractivity contribution in [2.24, 2.45) is 0 Å². The number of carboxylic acids is 1. The molecule has 3 rings (SSSR count). The first-order valence-corrected chi connectivity index (χ1v) is 5.26. The number of aromatic amines is 1. The zero-order chi connectivity index (χ0) is 12.7. The lowest BCUT2D eigenvalue weighted by Gasteiger charge is -1.90. The van der Waals surface area contributed by atoms with Gasteiger partial charge in [0, 0.05) is 0 Å². The van der Waals surface area contributed by atoms with Crippen LogP contribution in [0.2, 0.25) is 0 Å². The molecule has 4 nitrogen and oxygen atoms in total. The van der Waals surface area contributed by atoms with Crippen LogP contribution in [0.5, 0.6) is 0 Å². The van der Waals surface area contributed by atoms with E-state index in [1.165, 1.54) is 12.1 Å². The highest BCUT2D eigenvalue weighted by atomic mass is 19.1. The minimum Gasteiger partial charge on any atom is -0.477 e. The maximum Gasteiger partial charge on any atom is 0.352 e. The largest absolute Gasteiger partial charge is 0.477 e. The van der Waals surface area contributed by atoms with Crippen LogP contribution in [0.4, 0.5) is 4.39 Å². The Labute approximate surface area is 101 Å². The van der Waals surface area contributed by atoms with Gasteiger partial charge in [-0.1, -0.05) is 6.07 Å². The molecule has 0 spiro atoms. The molecule has 0 amide bonds. The number of H-pyrrole nitrogens is 1.